The van der Waals surface area contributed by atoms with E-state index >= 15 is 0 Å². The van der Waals surface area contributed by atoms with Crippen molar-refractivity contribution in [2.24, 2.45) is 4.99 Å². The Labute approximate surface area is 135 Å². The minimum absolute atomic E-state index is 0. The van der Waals surface area contributed by atoms with Crippen molar-refractivity contribution in [2.45, 2.75) is 20.0 Å². The lowest BCUT2D eigenvalue weighted by Gasteiger charge is -2.10. The molecule has 108 valence electrons. The summed E-state index contributed by atoms with van der Waals surface area (Å²) < 4.78 is 5.24. The van der Waals surface area contributed by atoms with Gasteiger partial charge in [0.25, 0.3) is 0 Å². The molecule has 2 rings (SSSR count). The molecule has 0 aliphatic carbocycles. The highest BCUT2D eigenvalue weighted by molar-refractivity contribution is 14.0. The van der Waals surface area contributed by atoms with Gasteiger partial charge in [-0.25, -0.2) is 9.97 Å². The number of aryl methyl sites for hydroxylation is 1. The first-order valence-electron chi connectivity index (χ1n) is 6.03. The van der Waals surface area contributed by atoms with Crippen molar-refractivity contribution in [1.29, 1.82) is 0 Å². The van der Waals surface area contributed by atoms with Crippen molar-refractivity contribution < 1.29 is 4.42 Å². The van der Waals surface area contributed by atoms with E-state index in [9.17, 15) is 0 Å². The Morgan fingerprint density at radius 2 is 2.10 bits per heavy atom. The highest BCUT2D eigenvalue weighted by Crippen LogP contribution is 1.98. The van der Waals surface area contributed by atoms with E-state index in [0.29, 0.717) is 19.0 Å². The predicted molar refractivity (Wildman–Crippen MR) is 87.9 cm³/mol. The molecule has 0 aromatic carbocycles. The van der Waals surface area contributed by atoms with Gasteiger partial charge in [0, 0.05) is 13.2 Å². The number of rotatable bonds is 4. The summed E-state index contributed by atoms with van der Waals surface area (Å²) in [4.78, 5) is 12.5. The van der Waals surface area contributed by atoms with Crippen LogP contribution in [-0.2, 0) is 13.1 Å². The third-order valence-electron chi connectivity index (χ3n) is 2.50. The van der Waals surface area contributed by atoms with Crippen LogP contribution in [0.25, 0.3) is 0 Å². The van der Waals surface area contributed by atoms with Crippen LogP contribution in [0.4, 0.5) is 0 Å². The van der Waals surface area contributed by atoms with Gasteiger partial charge in [0.15, 0.2) is 5.96 Å². The van der Waals surface area contributed by atoms with E-state index in [-0.39, 0.29) is 24.0 Å². The number of aliphatic imine (C=N–C) groups is 1. The number of nitrogens with one attached hydrogen (secondary N) is 2. The predicted octanol–water partition coefficient (Wildman–Crippen LogP) is 1.86. The first kappa shape index (κ1) is 16.4. The number of hydrogen-bond donors (Lipinski definition) is 2. The Bertz CT molecular complexity index is 541. The van der Waals surface area contributed by atoms with Crippen molar-refractivity contribution in [2.75, 3.05) is 7.05 Å². The van der Waals surface area contributed by atoms with Crippen molar-refractivity contribution in [3.8, 4) is 0 Å². The first-order chi connectivity index (χ1) is 9.28. The minimum atomic E-state index is 0. The third-order valence-corrected chi connectivity index (χ3v) is 2.50. The van der Waals surface area contributed by atoms with Gasteiger partial charge in [-0.1, -0.05) is 0 Å². The molecule has 2 aromatic heterocycles. The van der Waals surface area contributed by atoms with Crippen LogP contribution in [-0.4, -0.2) is 23.0 Å². The van der Waals surface area contributed by atoms with Crippen molar-refractivity contribution in [1.82, 2.24) is 20.6 Å². The van der Waals surface area contributed by atoms with Crippen molar-refractivity contribution in [3.05, 3.63) is 47.9 Å². The summed E-state index contributed by atoms with van der Waals surface area (Å²) in [5.41, 5.74) is 0.924. The highest BCUT2D eigenvalue weighted by atomic mass is 127. The van der Waals surface area contributed by atoms with E-state index in [1.807, 2.05) is 25.1 Å². The van der Waals surface area contributed by atoms with Crippen LogP contribution in [0.2, 0.25) is 0 Å². The number of halogens is 1. The Morgan fingerprint density at radius 1 is 1.30 bits per heavy atom. The molecule has 0 fully saturated rings. The molecule has 20 heavy (non-hydrogen) atoms. The van der Waals surface area contributed by atoms with Gasteiger partial charge in [-0.15, -0.1) is 24.0 Å². The molecule has 2 N–H and O–H groups in total. The average Bonchev–Trinajstić information content (AvgIpc) is 2.92. The fourth-order valence-corrected chi connectivity index (χ4v) is 1.58. The van der Waals surface area contributed by atoms with E-state index in [1.54, 1.807) is 19.5 Å². The summed E-state index contributed by atoms with van der Waals surface area (Å²) in [5.74, 6) is 2.33. The summed E-state index contributed by atoms with van der Waals surface area (Å²) >= 11 is 0. The molecule has 0 atom stereocenters. The molecule has 0 saturated heterocycles. The first-order valence-corrected chi connectivity index (χ1v) is 6.03. The van der Waals surface area contributed by atoms with Crippen LogP contribution >= 0.6 is 24.0 Å². The number of guanidine groups is 1. The molecule has 0 unspecified atom stereocenters. The molecule has 0 aliphatic rings. The lowest BCUT2D eigenvalue weighted by atomic mass is 10.4. The number of hydrogen-bond acceptors (Lipinski definition) is 4. The molecule has 0 bridgehead atoms. The molecular weight excluding hydrogens is 369 g/mol. The number of nitrogens with zero attached hydrogens (tertiary/aromatic N) is 3. The molecule has 2 heterocycles. The largest absolute Gasteiger partial charge is 0.467 e. The molecular formula is C13H18IN5O. The quantitative estimate of drug-likeness (QED) is 0.476. The van der Waals surface area contributed by atoms with Gasteiger partial charge in [0.05, 0.1) is 25.0 Å². The second kappa shape index (κ2) is 8.51. The van der Waals surface area contributed by atoms with Gasteiger partial charge in [-0.05, 0) is 25.1 Å². The monoisotopic (exact) mass is 387 g/mol. The maximum atomic E-state index is 5.24. The van der Waals surface area contributed by atoms with Gasteiger partial charge in [-0.2, -0.15) is 0 Å². The lowest BCUT2D eigenvalue weighted by molar-refractivity contribution is 0.501. The van der Waals surface area contributed by atoms with Crippen LogP contribution in [0, 0.1) is 6.92 Å². The average molecular weight is 387 g/mol. The van der Waals surface area contributed by atoms with E-state index in [4.69, 9.17) is 4.42 Å². The molecule has 6 nitrogen and oxygen atoms in total. The summed E-state index contributed by atoms with van der Waals surface area (Å²) in [7, 11) is 1.72. The Hall–Kier alpha value is -1.64. The fraction of sp³-hybridized carbons (Fsp3) is 0.308. The summed E-state index contributed by atoms with van der Waals surface area (Å²) in [6, 6.07) is 5.64. The zero-order valence-electron chi connectivity index (χ0n) is 11.5. The van der Waals surface area contributed by atoms with Gasteiger partial charge in [-0.3, -0.25) is 4.99 Å². The Morgan fingerprint density at radius 3 is 2.75 bits per heavy atom. The van der Waals surface area contributed by atoms with Gasteiger partial charge < -0.3 is 15.1 Å². The maximum Gasteiger partial charge on any atom is 0.191 e. The van der Waals surface area contributed by atoms with Gasteiger partial charge >= 0.3 is 0 Å². The standard InChI is InChI=1S/C13H17N5O.HI/c1-10-15-6-5-11(18-10)8-16-13(14-2)17-9-12-4-3-7-19-12;/h3-7H,8-9H2,1-2H3,(H2,14,16,17);1H. The summed E-state index contributed by atoms with van der Waals surface area (Å²) in [6.07, 6.45) is 3.40. The number of aromatic nitrogens is 2. The van der Waals surface area contributed by atoms with Crippen LogP contribution in [0.15, 0.2) is 40.1 Å². The van der Waals surface area contributed by atoms with Crippen LogP contribution in [0.5, 0.6) is 0 Å². The van der Waals surface area contributed by atoms with Gasteiger partial charge in [0.1, 0.15) is 11.6 Å². The van der Waals surface area contributed by atoms with Gasteiger partial charge in [0.2, 0.25) is 0 Å². The van der Waals surface area contributed by atoms with Crippen LogP contribution in [0.3, 0.4) is 0 Å². The smallest absolute Gasteiger partial charge is 0.191 e. The molecule has 0 amide bonds. The van der Waals surface area contributed by atoms with E-state index in [2.05, 4.69) is 25.6 Å². The minimum Gasteiger partial charge on any atom is -0.467 e. The maximum absolute atomic E-state index is 5.24. The molecule has 0 radical (unpaired) electrons. The summed E-state index contributed by atoms with van der Waals surface area (Å²) in [6.45, 7) is 3.06. The zero-order chi connectivity index (χ0) is 13.5. The Balaban J connectivity index is 0.00000200. The third kappa shape index (κ3) is 5.16. The molecule has 0 spiro atoms. The van der Waals surface area contributed by atoms with E-state index < -0.39 is 0 Å². The lowest BCUT2D eigenvalue weighted by Crippen LogP contribution is -2.36. The summed E-state index contributed by atoms with van der Waals surface area (Å²) in [5, 5.41) is 6.34. The van der Waals surface area contributed by atoms with Crippen molar-refractivity contribution in [3.63, 3.8) is 0 Å². The SMILES string of the molecule is CN=C(NCc1ccnc(C)n1)NCc1ccco1.I. The Kier molecular flexibility index (Phi) is 6.99. The molecule has 0 aliphatic heterocycles. The zero-order valence-corrected chi connectivity index (χ0v) is 13.8. The molecule has 0 saturated carbocycles. The number of furan rings is 1. The highest BCUT2D eigenvalue weighted by Gasteiger charge is 2.01. The van der Waals surface area contributed by atoms with Crippen LogP contribution in [0.1, 0.15) is 17.3 Å². The second-order valence-corrected chi connectivity index (χ2v) is 3.95. The second-order valence-electron chi connectivity index (χ2n) is 3.95. The van der Waals surface area contributed by atoms with Crippen LogP contribution < -0.4 is 10.6 Å². The van der Waals surface area contributed by atoms with E-state index in [1.165, 1.54) is 0 Å². The van der Waals surface area contributed by atoms with Crippen molar-refractivity contribution >= 4 is 29.9 Å². The topological polar surface area (TPSA) is 75.3 Å². The fourth-order valence-electron chi connectivity index (χ4n) is 1.58. The molecule has 2 aromatic rings. The molecule has 7 heteroatoms. The normalized spacial score (nSPS) is 10.8. The van der Waals surface area contributed by atoms with E-state index in [0.717, 1.165) is 17.3 Å².